The molecule has 0 N–H and O–H groups in total. The van der Waals surface area contributed by atoms with Gasteiger partial charge in [0.05, 0.1) is 12.7 Å². The minimum absolute atomic E-state index is 0.243. The van der Waals surface area contributed by atoms with Crippen LogP contribution in [0.15, 0.2) is 36.7 Å². The van der Waals surface area contributed by atoms with Crippen molar-refractivity contribution in [1.29, 1.82) is 0 Å². The fourth-order valence-electron chi connectivity index (χ4n) is 4.14. The van der Waals surface area contributed by atoms with E-state index in [2.05, 4.69) is 34.4 Å². The second kappa shape index (κ2) is 7.00. The first-order valence-corrected chi connectivity index (χ1v) is 9.30. The van der Waals surface area contributed by atoms with E-state index in [9.17, 15) is 4.79 Å². The van der Waals surface area contributed by atoms with E-state index in [4.69, 9.17) is 0 Å². The molecule has 0 spiro atoms. The van der Waals surface area contributed by atoms with Crippen LogP contribution in [0.2, 0.25) is 0 Å². The summed E-state index contributed by atoms with van der Waals surface area (Å²) in [4.78, 5) is 17.2. The Kier molecular flexibility index (Phi) is 4.57. The predicted molar refractivity (Wildman–Crippen MR) is 98.7 cm³/mol. The van der Waals surface area contributed by atoms with Crippen LogP contribution < -0.4 is 4.90 Å². The van der Waals surface area contributed by atoms with Gasteiger partial charge in [-0.15, -0.1) is 0 Å². The number of aromatic nitrogens is 2. The standard InChI is InChI=1S/C20H26N4O/c1-22-14-18(13-21-22)16-8-11-23(12-9-16)15-20(25)24-10-4-6-17-5-2-3-7-19(17)24/h2-3,5,7,13-14,16H,4,6,8-12,15H2,1H3. The average Bonchev–Trinajstić information content (AvgIpc) is 3.08. The van der Waals surface area contributed by atoms with E-state index >= 15 is 0 Å². The van der Waals surface area contributed by atoms with E-state index in [1.165, 1.54) is 11.1 Å². The molecule has 5 nitrogen and oxygen atoms in total. The van der Waals surface area contributed by atoms with Gasteiger partial charge in [0.1, 0.15) is 0 Å². The number of rotatable bonds is 3. The van der Waals surface area contributed by atoms with Crippen LogP contribution in [0.1, 0.15) is 36.3 Å². The Morgan fingerprint density at radius 2 is 2.00 bits per heavy atom. The quantitative estimate of drug-likeness (QED) is 0.864. The Balaban J connectivity index is 1.35. The molecule has 2 aliphatic heterocycles. The Bertz CT molecular complexity index is 746. The number of benzene rings is 1. The Hall–Kier alpha value is -2.14. The highest BCUT2D eigenvalue weighted by molar-refractivity contribution is 5.95. The summed E-state index contributed by atoms with van der Waals surface area (Å²) in [6, 6.07) is 8.33. The summed E-state index contributed by atoms with van der Waals surface area (Å²) in [5.41, 5.74) is 3.75. The maximum Gasteiger partial charge on any atom is 0.241 e. The molecule has 0 saturated carbocycles. The molecule has 1 fully saturated rings. The Labute approximate surface area is 149 Å². The topological polar surface area (TPSA) is 41.4 Å². The van der Waals surface area contributed by atoms with Gasteiger partial charge in [0.2, 0.25) is 5.91 Å². The van der Waals surface area contributed by atoms with Crippen molar-refractivity contribution in [3.8, 4) is 0 Å². The summed E-state index contributed by atoms with van der Waals surface area (Å²) >= 11 is 0. The first-order valence-electron chi connectivity index (χ1n) is 9.30. The lowest BCUT2D eigenvalue weighted by Gasteiger charge is -2.34. The lowest BCUT2D eigenvalue weighted by molar-refractivity contribution is -0.120. The van der Waals surface area contributed by atoms with E-state index < -0.39 is 0 Å². The lowest BCUT2D eigenvalue weighted by Crippen LogP contribution is -2.44. The maximum absolute atomic E-state index is 12.9. The van der Waals surface area contributed by atoms with Gasteiger partial charge in [-0.05, 0) is 61.9 Å². The zero-order chi connectivity index (χ0) is 17.2. The number of likely N-dealkylation sites (tertiary alicyclic amines) is 1. The van der Waals surface area contributed by atoms with Crippen LogP contribution >= 0.6 is 0 Å². The van der Waals surface area contributed by atoms with Crippen LogP contribution in [0.3, 0.4) is 0 Å². The van der Waals surface area contributed by atoms with Gasteiger partial charge in [-0.2, -0.15) is 5.10 Å². The first kappa shape index (κ1) is 16.3. The minimum Gasteiger partial charge on any atom is -0.311 e. The molecule has 1 aromatic carbocycles. The molecule has 25 heavy (non-hydrogen) atoms. The van der Waals surface area contributed by atoms with Crippen molar-refractivity contribution in [1.82, 2.24) is 14.7 Å². The van der Waals surface area contributed by atoms with Gasteiger partial charge in [0.25, 0.3) is 0 Å². The van der Waals surface area contributed by atoms with Gasteiger partial charge >= 0.3 is 0 Å². The summed E-state index contributed by atoms with van der Waals surface area (Å²) in [7, 11) is 1.97. The highest BCUT2D eigenvalue weighted by atomic mass is 16.2. The normalized spacial score (nSPS) is 19.0. The molecule has 0 aliphatic carbocycles. The van der Waals surface area contributed by atoms with E-state index in [1.807, 2.05) is 28.9 Å². The van der Waals surface area contributed by atoms with Crippen LogP contribution in [-0.4, -0.2) is 46.8 Å². The van der Waals surface area contributed by atoms with Crippen LogP contribution in [0.25, 0.3) is 0 Å². The number of nitrogens with zero attached hydrogens (tertiary/aromatic N) is 4. The molecule has 1 amide bonds. The van der Waals surface area contributed by atoms with Crippen molar-refractivity contribution in [2.24, 2.45) is 7.05 Å². The molecule has 2 aliphatic rings. The molecule has 4 rings (SSSR count). The number of anilines is 1. The van der Waals surface area contributed by atoms with Gasteiger partial charge in [0.15, 0.2) is 0 Å². The number of para-hydroxylation sites is 1. The highest BCUT2D eigenvalue weighted by Crippen LogP contribution is 2.29. The molecule has 1 aromatic heterocycles. The number of amides is 1. The second-order valence-corrected chi connectivity index (χ2v) is 7.28. The van der Waals surface area contributed by atoms with Gasteiger partial charge in [0, 0.05) is 25.5 Å². The van der Waals surface area contributed by atoms with E-state index in [0.29, 0.717) is 12.5 Å². The zero-order valence-corrected chi connectivity index (χ0v) is 14.9. The van der Waals surface area contributed by atoms with Gasteiger partial charge in [-0.3, -0.25) is 14.4 Å². The van der Waals surface area contributed by atoms with E-state index in [1.54, 1.807) is 0 Å². The average molecular weight is 338 g/mol. The number of piperidine rings is 1. The zero-order valence-electron chi connectivity index (χ0n) is 14.9. The molecule has 132 valence electrons. The molecule has 0 radical (unpaired) electrons. The van der Waals surface area contributed by atoms with Crippen LogP contribution in [0, 0.1) is 0 Å². The van der Waals surface area contributed by atoms with Gasteiger partial charge in [-0.25, -0.2) is 0 Å². The lowest BCUT2D eigenvalue weighted by atomic mass is 9.91. The van der Waals surface area contributed by atoms with Crippen LogP contribution in [0.4, 0.5) is 5.69 Å². The van der Waals surface area contributed by atoms with Crippen LogP contribution in [-0.2, 0) is 18.3 Å². The van der Waals surface area contributed by atoms with E-state index in [-0.39, 0.29) is 5.91 Å². The van der Waals surface area contributed by atoms with Gasteiger partial charge in [-0.1, -0.05) is 18.2 Å². The maximum atomic E-state index is 12.9. The van der Waals surface area contributed by atoms with Gasteiger partial charge < -0.3 is 4.90 Å². The molecule has 0 atom stereocenters. The molecular weight excluding hydrogens is 312 g/mol. The van der Waals surface area contributed by atoms with Crippen molar-refractivity contribution in [3.63, 3.8) is 0 Å². The third-order valence-electron chi connectivity index (χ3n) is 5.55. The number of aryl methyl sites for hydroxylation is 2. The Morgan fingerprint density at radius 3 is 2.76 bits per heavy atom. The smallest absolute Gasteiger partial charge is 0.241 e. The fraction of sp³-hybridized carbons (Fsp3) is 0.500. The van der Waals surface area contributed by atoms with Crippen molar-refractivity contribution in [2.75, 3.05) is 31.1 Å². The summed E-state index contributed by atoms with van der Waals surface area (Å²) in [6.45, 7) is 3.36. The second-order valence-electron chi connectivity index (χ2n) is 7.28. The van der Waals surface area contributed by atoms with Crippen molar-refractivity contribution in [3.05, 3.63) is 47.8 Å². The molecule has 5 heteroatoms. The monoisotopic (exact) mass is 338 g/mol. The summed E-state index contributed by atoms with van der Waals surface area (Å²) in [5.74, 6) is 0.822. The van der Waals surface area contributed by atoms with Crippen LogP contribution in [0.5, 0.6) is 0 Å². The molecule has 2 aromatic rings. The van der Waals surface area contributed by atoms with Crippen molar-refractivity contribution >= 4 is 11.6 Å². The molecular formula is C20H26N4O. The minimum atomic E-state index is 0.243. The summed E-state index contributed by atoms with van der Waals surface area (Å²) < 4.78 is 1.87. The van der Waals surface area contributed by atoms with Crippen molar-refractivity contribution in [2.45, 2.75) is 31.6 Å². The third kappa shape index (κ3) is 3.47. The molecule has 0 bridgehead atoms. The number of carbonyl (C=O) groups is 1. The highest BCUT2D eigenvalue weighted by Gasteiger charge is 2.27. The van der Waals surface area contributed by atoms with Crippen molar-refractivity contribution < 1.29 is 4.79 Å². The Morgan fingerprint density at radius 1 is 1.20 bits per heavy atom. The van der Waals surface area contributed by atoms with E-state index in [0.717, 1.165) is 51.0 Å². The number of carbonyl (C=O) groups excluding carboxylic acids is 1. The summed E-state index contributed by atoms with van der Waals surface area (Å²) in [5, 5.41) is 4.28. The number of hydrogen-bond donors (Lipinski definition) is 0. The SMILES string of the molecule is Cn1cc(C2CCN(CC(=O)N3CCCc4ccccc43)CC2)cn1. The fourth-order valence-corrected chi connectivity index (χ4v) is 4.14. The summed E-state index contributed by atoms with van der Waals surface area (Å²) in [6.07, 6.45) is 8.46. The number of hydrogen-bond acceptors (Lipinski definition) is 3. The molecule has 3 heterocycles. The third-order valence-corrected chi connectivity index (χ3v) is 5.55. The molecule has 1 saturated heterocycles. The predicted octanol–water partition coefficient (Wildman–Crippen LogP) is 2.58. The largest absolute Gasteiger partial charge is 0.311 e. The first-order chi connectivity index (χ1) is 12.2. The number of fused-ring (bicyclic) bond motifs is 1. The molecule has 0 unspecified atom stereocenters.